The van der Waals surface area contributed by atoms with Gasteiger partial charge in [-0.15, -0.1) is 0 Å². The van der Waals surface area contributed by atoms with Crippen LogP contribution in [0.1, 0.15) is 41.5 Å². The smallest absolute Gasteiger partial charge is 0.410 e. The van der Waals surface area contributed by atoms with Crippen molar-refractivity contribution in [3.05, 3.63) is 24.3 Å². The van der Waals surface area contributed by atoms with Crippen LogP contribution in [0.25, 0.3) is 0 Å². The third kappa shape index (κ3) is 7.48. The number of benzene rings is 1. The molecule has 0 aromatic heterocycles. The predicted octanol–water partition coefficient (Wildman–Crippen LogP) is 2.25. The summed E-state index contributed by atoms with van der Waals surface area (Å²) in [6, 6.07) is 5.46. The lowest BCUT2D eigenvalue weighted by Crippen LogP contribution is -2.54. The summed E-state index contributed by atoms with van der Waals surface area (Å²) in [6.45, 7) is 12.9. The molecule has 10 heteroatoms. The summed E-state index contributed by atoms with van der Waals surface area (Å²) in [6.07, 6.45) is -0.341. The number of rotatable bonds is 6. The monoisotopic (exact) mass is 454 g/mol. The second-order valence-electron chi connectivity index (χ2n) is 8.97. The van der Waals surface area contributed by atoms with Crippen LogP contribution in [0.15, 0.2) is 29.2 Å². The average Bonchev–Trinajstić information content (AvgIpc) is 2.65. The van der Waals surface area contributed by atoms with Gasteiger partial charge >= 0.3 is 6.09 Å². The van der Waals surface area contributed by atoms with Gasteiger partial charge in [-0.2, -0.15) is 0 Å². The van der Waals surface area contributed by atoms with E-state index in [1.165, 1.54) is 12.1 Å². The topological polar surface area (TPSA) is 108 Å². The molecule has 31 heavy (non-hydrogen) atoms. The van der Waals surface area contributed by atoms with Crippen molar-refractivity contribution in [1.29, 1.82) is 0 Å². The van der Waals surface area contributed by atoms with E-state index in [1.54, 1.807) is 30.9 Å². The molecule has 1 heterocycles. The fraction of sp³-hybridized carbons (Fsp3) is 0.619. The zero-order valence-electron chi connectivity index (χ0n) is 19.1. The van der Waals surface area contributed by atoms with Crippen molar-refractivity contribution in [2.24, 2.45) is 0 Å². The van der Waals surface area contributed by atoms with Gasteiger partial charge in [0.2, 0.25) is 15.9 Å². The molecule has 9 nitrogen and oxygen atoms in total. The Kier molecular flexibility index (Phi) is 8.07. The lowest BCUT2D eigenvalue weighted by atomic mass is 10.2. The number of nitrogens with zero attached hydrogens (tertiary/aromatic N) is 2. The molecule has 1 saturated heterocycles. The number of ether oxygens (including phenoxy) is 1. The third-order valence-electron chi connectivity index (χ3n) is 4.72. The highest BCUT2D eigenvalue weighted by Gasteiger charge is 2.29. The molecule has 1 aliphatic rings. The average molecular weight is 455 g/mol. The standard InChI is InChI=1S/C21H34N4O5S/c1-15(2)23-31(28,29)18-9-7-17(8-10-18)22-19(26)16(3)24-11-13-25(14-12-24)20(27)30-21(4,5)6/h7-10,15-16,23H,11-14H2,1-6H3,(H,22,26). The Morgan fingerprint density at radius 1 is 1.00 bits per heavy atom. The minimum Gasteiger partial charge on any atom is -0.444 e. The van der Waals surface area contributed by atoms with E-state index in [2.05, 4.69) is 10.0 Å². The van der Waals surface area contributed by atoms with Crippen molar-refractivity contribution in [2.45, 2.75) is 64.1 Å². The molecule has 1 fully saturated rings. The number of carbonyl (C=O) groups is 2. The number of amides is 2. The Morgan fingerprint density at radius 2 is 1.55 bits per heavy atom. The Labute approximate surface area is 185 Å². The highest BCUT2D eigenvalue weighted by Crippen LogP contribution is 2.17. The van der Waals surface area contributed by atoms with Gasteiger partial charge in [0.05, 0.1) is 10.9 Å². The molecule has 1 aliphatic heterocycles. The zero-order chi connectivity index (χ0) is 23.4. The highest BCUT2D eigenvalue weighted by atomic mass is 32.2. The largest absolute Gasteiger partial charge is 0.444 e. The van der Waals surface area contributed by atoms with Crippen LogP contribution in [0.4, 0.5) is 10.5 Å². The van der Waals surface area contributed by atoms with Crippen molar-refractivity contribution < 1.29 is 22.7 Å². The van der Waals surface area contributed by atoms with Crippen molar-refractivity contribution in [2.75, 3.05) is 31.5 Å². The van der Waals surface area contributed by atoms with Gasteiger partial charge in [0.1, 0.15) is 5.60 Å². The van der Waals surface area contributed by atoms with Crippen molar-refractivity contribution in [1.82, 2.24) is 14.5 Å². The maximum absolute atomic E-state index is 12.7. The molecule has 174 valence electrons. The first-order chi connectivity index (χ1) is 14.3. The summed E-state index contributed by atoms with van der Waals surface area (Å²) in [4.78, 5) is 28.6. The first-order valence-electron chi connectivity index (χ1n) is 10.4. The SMILES string of the molecule is CC(C)NS(=O)(=O)c1ccc(NC(=O)C(C)N2CCN(C(=O)OC(C)(C)C)CC2)cc1. The third-order valence-corrected chi connectivity index (χ3v) is 6.39. The summed E-state index contributed by atoms with van der Waals surface area (Å²) < 4.78 is 32.3. The van der Waals surface area contributed by atoms with Gasteiger partial charge in [0.15, 0.2) is 0 Å². The lowest BCUT2D eigenvalue weighted by molar-refractivity contribution is -0.121. The van der Waals surface area contributed by atoms with E-state index >= 15 is 0 Å². The van der Waals surface area contributed by atoms with Gasteiger partial charge in [-0.3, -0.25) is 9.69 Å². The Bertz CT molecular complexity index is 870. The fourth-order valence-corrected chi connectivity index (χ4v) is 4.38. The molecule has 0 aliphatic carbocycles. The lowest BCUT2D eigenvalue weighted by Gasteiger charge is -2.37. The molecule has 1 aromatic rings. The van der Waals surface area contributed by atoms with Crippen molar-refractivity contribution in [3.63, 3.8) is 0 Å². The number of nitrogens with one attached hydrogen (secondary N) is 2. The van der Waals surface area contributed by atoms with Gasteiger partial charge < -0.3 is 15.0 Å². The van der Waals surface area contributed by atoms with Crippen LogP contribution in [0.5, 0.6) is 0 Å². The highest BCUT2D eigenvalue weighted by molar-refractivity contribution is 7.89. The van der Waals surface area contributed by atoms with Crippen LogP contribution in [0, 0.1) is 0 Å². The summed E-state index contributed by atoms with van der Waals surface area (Å²) in [5, 5.41) is 2.82. The molecule has 0 radical (unpaired) electrons. The molecule has 2 rings (SSSR count). The van der Waals surface area contributed by atoms with E-state index in [4.69, 9.17) is 4.74 Å². The molecule has 2 amide bonds. The Morgan fingerprint density at radius 3 is 2.03 bits per heavy atom. The maximum atomic E-state index is 12.7. The molecule has 1 unspecified atom stereocenters. The minimum atomic E-state index is -3.58. The number of hydrogen-bond acceptors (Lipinski definition) is 6. The molecular formula is C21H34N4O5S. The summed E-state index contributed by atoms with van der Waals surface area (Å²) in [5.74, 6) is -0.193. The van der Waals surface area contributed by atoms with Crippen molar-refractivity contribution in [3.8, 4) is 0 Å². The minimum absolute atomic E-state index is 0.144. The van der Waals surface area contributed by atoms with Crippen LogP contribution >= 0.6 is 0 Å². The van der Waals surface area contributed by atoms with E-state index in [-0.39, 0.29) is 22.9 Å². The molecule has 0 spiro atoms. The van der Waals surface area contributed by atoms with E-state index in [0.29, 0.717) is 31.9 Å². The van der Waals surface area contributed by atoms with Gasteiger partial charge in [0, 0.05) is 37.9 Å². The number of anilines is 1. The molecule has 2 N–H and O–H groups in total. The van der Waals surface area contributed by atoms with Crippen LogP contribution in [-0.4, -0.2) is 74.1 Å². The van der Waals surface area contributed by atoms with Gasteiger partial charge in [0.25, 0.3) is 0 Å². The Balaban J connectivity index is 1.90. The predicted molar refractivity (Wildman–Crippen MR) is 119 cm³/mol. The van der Waals surface area contributed by atoms with Crippen LogP contribution in [-0.2, 0) is 19.6 Å². The van der Waals surface area contributed by atoms with E-state index in [0.717, 1.165) is 0 Å². The van der Waals surface area contributed by atoms with E-state index < -0.39 is 21.7 Å². The second kappa shape index (κ2) is 9.97. The number of hydrogen-bond donors (Lipinski definition) is 2. The van der Waals surface area contributed by atoms with Crippen LogP contribution in [0.3, 0.4) is 0 Å². The molecule has 1 aromatic carbocycles. The number of carbonyl (C=O) groups excluding carboxylic acids is 2. The fourth-order valence-electron chi connectivity index (χ4n) is 3.13. The van der Waals surface area contributed by atoms with Crippen LogP contribution in [0.2, 0.25) is 0 Å². The van der Waals surface area contributed by atoms with Gasteiger partial charge in [-0.05, 0) is 65.8 Å². The normalized spacial score (nSPS) is 16.8. The molecule has 0 bridgehead atoms. The first-order valence-corrected chi connectivity index (χ1v) is 11.9. The van der Waals surface area contributed by atoms with Gasteiger partial charge in [-0.1, -0.05) is 0 Å². The second-order valence-corrected chi connectivity index (χ2v) is 10.7. The van der Waals surface area contributed by atoms with Gasteiger partial charge in [-0.25, -0.2) is 17.9 Å². The Hall–Kier alpha value is -2.17. The summed E-state index contributed by atoms with van der Waals surface area (Å²) >= 11 is 0. The summed E-state index contributed by atoms with van der Waals surface area (Å²) in [5.41, 5.74) is -0.0195. The van der Waals surface area contributed by atoms with Crippen LogP contribution < -0.4 is 10.0 Å². The zero-order valence-corrected chi connectivity index (χ0v) is 20.0. The molecule has 1 atom stereocenters. The number of piperazine rings is 1. The quantitative estimate of drug-likeness (QED) is 0.683. The molecule has 0 saturated carbocycles. The summed E-state index contributed by atoms with van der Waals surface area (Å²) in [7, 11) is -3.58. The number of sulfonamides is 1. The maximum Gasteiger partial charge on any atom is 0.410 e. The molecular weight excluding hydrogens is 420 g/mol. The van der Waals surface area contributed by atoms with Crippen molar-refractivity contribution >= 4 is 27.7 Å². The first kappa shape index (κ1) is 25.1. The van der Waals surface area contributed by atoms with E-state index in [1.807, 2.05) is 32.6 Å². The van der Waals surface area contributed by atoms with E-state index in [9.17, 15) is 18.0 Å².